The van der Waals surface area contributed by atoms with Gasteiger partial charge in [-0.3, -0.25) is 0 Å². The van der Waals surface area contributed by atoms with Crippen LogP contribution in [0.3, 0.4) is 0 Å². The number of benzene rings is 3. The van der Waals surface area contributed by atoms with Crippen molar-refractivity contribution in [1.82, 2.24) is 0 Å². The van der Waals surface area contributed by atoms with Crippen molar-refractivity contribution in [2.75, 3.05) is 31.1 Å². The molecule has 0 atom stereocenters. The minimum Gasteiger partial charge on any atom is -0.397 e. The Hall–Kier alpha value is -3.77. The van der Waals surface area contributed by atoms with Crippen molar-refractivity contribution in [3.8, 4) is 12.8 Å². The number of nitrogens with two attached hydrogens (primary N) is 1. The van der Waals surface area contributed by atoms with E-state index in [-0.39, 0.29) is 0 Å². The Balaban J connectivity index is 0.00000167. The molecule has 0 unspecified atom stereocenters. The van der Waals surface area contributed by atoms with Crippen LogP contribution in [0.25, 0.3) is 5.57 Å². The van der Waals surface area contributed by atoms with E-state index in [1.165, 1.54) is 11.3 Å². The van der Waals surface area contributed by atoms with Crippen LogP contribution in [0.5, 0.6) is 0 Å². The SMILES string of the molecule is C#C.C/C(=C\C=N/CNc1ccc(N2C=NI2C)cc1)c1ccc(N)c(NCc2ccccc2)c1. The predicted molar refractivity (Wildman–Crippen MR) is 163 cm³/mol. The van der Waals surface area contributed by atoms with Crippen LogP contribution in [0.4, 0.5) is 22.7 Å². The Kier molecular flexibility index (Phi) is 9.75. The molecule has 3 aromatic carbocycles. The van der Waals surface area contributed by atoms with Gasteiger partial charge in [0.05, 0.1) is 11.4 Å². The molecular weight excluding hydrogens is 547 g/mol. The zero-order valence-corrected chi connectivity index (χ0v) is 22.2. The Morgan fingerprint density at radius 2 is 1.80 bits per heavy atom. The van der Waals surface area contributed by atoms with E-state index >= 15 is 0 Å². The number of anilines is 4. The Morgan fingerprint density at radius 3 is 2.46 bits per heavy atom. The molecule has 1 aliphatic heterocycles. The number of rotatable bonds is 9. The minimum absolute atomic E-state index is 0.520. The van der Waals surface area contributed by atoms with E-state index in [1.54, 1.807) is 0 Å². The van der Waals surface area contributed by atoms with Crippen molar-refractivity contribution in [2.24, 2.45) is 8.20 Å². The molecule has 0 spiro atoms. The first-order valence-corrected chi connectivity index (χ1v) is 15.1. The number of allylic oxidation sites excluding steroid dienone is 2. The van der Waals surface area contributed by atoms with Crippen LogP contribution in [0.15, 0.2) is 87.1 Å². The van der Waals surface area contributed by atoms with Crippen LogP contribution in [-0.4, -0.2) is 24.2 Å². The van der Waals surface area contributed by atoms with Crippen molar-refractivity contribution in [3.05, 3.63) is 90.0 Å². The molecule has 180 valence electrons. The smallest absolute Gasteiger partial charge is 0.397 e. The molecule has 0 saturated carbocycles. The molecule has 3 aromatic rings. The fraction of sp³-hybridized carbons (Fsp3) is 0.143. The molecule has 6 nitrogen and oxygen atoms in total. The fourth-order valence-electron chi connectivity index (χ4n) is 3.30. The van der Waals surface area contributed by atoms with E-state index in [0.717, 1.165) is 34.7 Å². The molecule has 0 bridgehead atoms. The summed E-state index contributed by atoms with van der Waals surface area (Å²) in [7, 11) is 0. The molecule has 4 rings (SSSR count). The molecule has 0 amide bonds. The van der Waals surface area contributed by atoms with E-state index in [0.29, 0.717) is 6.67 Å². The zero-order chi connectivity index (χ0) is 25.0. The van der Waals surface area contributed by atoms with E-state index in [1.807, 2.05) is 49.0 Å². The molecule has 0 saturated heterocycles. The Bertz CT molecular complexity index is 1200. The van der Waals surface area contributed by atoms with E-state index in [9.17, 15) is 0 Å². The third kappa shape index (κ3) is 7.36. The second kappa shape index (κ2) is 13.2. The summed E-state index contributed by atoms with van der Waals surface area (Å²) in [5, 5.41) is 6.76. The average Bonchev–Trinajstić information content (AvgIpc) is 2.89. The molecule has 0 fully saturated rings. The average molecular weight is 579 g/mol. The van der Waals surface area contributed by atoms with Crippen molar-refractivity contribution in [2.45, 2.75) is 13.5 Å². The third-order valence-corrected chi connectivity index (χ3v) is 8.67. The summed E-state index contributed by atoms with van der Waals surface area (Å²) < 4.78 is 6.69. The third-order valence-electron chi connectivity index (χ3n) is 5.30. The molecule has 4 N–H and O–H groups in total. The van der Waals surface area contributed by atoms with Gasteiger partial charge < -0.3 is 11.1 Å². The van der Waals surface area contributed by atoms with Gasteiger partial charge in [0.1, 0.15) is 0 Å². The summed E-state index contributed by atoms with van der Waals surface area (Å²) >= 11 is -1.24. The second-order valence-electron chi connectivity index (χ2n) is 7.64. The molecule has 1 aliphatic rings. The van der Waals surface area contributed by atoms with Crippen molar-refractivity contribution in [1.29, 1.82) is 0 Å². The van der Waals surface area contributed by atoms with E-state index in [2.05, 4.69) is 89.1 Å². The Labute approximate surface area is 216 Å². The first kappa shape index (κ1) is 25.8. The standard InChI is InChI=1S/C26H29IN6.C2H2/c1-20(22-8-13-25(28)26(16-22)30-17-21-6-4-3-5-7-21)14-15-29-18-31-23-9-11-24(12-10-23)33-19-32-27(33)2;1-2/h3-16,19,30-31H,17-18,28H2,1-2H3;1-2H/b20-14+,29-15-;. The van der Waals surface area contributed by atoms with Crippen molar-refractivity contribution < 1.29 is 0 Å². The van der Waals surface area contributed by atoms with Crippen LogP contribution in [-0.2, 0) is 6.54 Å². The molecule has 7 heteroatoms. The van der Waals surface area contributed by atoms with Crippen LogP contribution < -0.4 is 19.5 Å². The number of nitrogens with zero attached hydrogens (tertiary/aromatic N) is 3. The van der Waals surface area contributed by atoms with Crippen LogP contribution in [0, 0.1) is 12.8 Å². The molecule has 1 heterocycles. The number of nitrogens with one attached hydrogen (secondary N) is 2. The van der Waals surface area contributed by atoms with Crippen molar-refractivity contribution >= 4 is 61.2 Å². The number of alkyl halides is 1. The summed E-state index contributed by atoms with van der Waals surface area (Å²) in [6, 6.07) is 24.8. The Morgan fingerprint density at radius 1 is 1.06 bits per heavy atom. The van der Waals surface area contributed by atoms with Crippen LogP contribution in [0.2, 0.25) is 0 Å². The van der Waals surface area contributed by atoms with Crippen molar-refractivity contribution in [3.63, 3.8) is 0 Å². The minimum atomic E-state index is -1.24. The van der Waals surface area contributed by atoms with Gasteiger partial charge in [-0.05, 0) is 17.7 Å². The number of terminal acetylenes is 1. The summed E-state index contributed by atoms with van der Waals surface area (Å²) in [5.41, 5.74) is 13.6. The van der Waals surface area contributed by atoms with Gasteiger partial charge in [0.25, 0.3) is 0 Å². The second-order valence-corrected chi connectivity index (χ2v) is 11.6. The van der Waals surface area contributed by atoms with Gasteiger partial charge in [-0.2, -0.15) is 0 Å². The topological polar surface area (TPSA) is 78.0 Å². The summed E-state index contributed by atoms with van der Waals surface area (Å²) in [5.74, 6) is 0. The first-order valence-electron chi connectivity index (χ1n) is 11.1. The monoisotopic (exact) mass is 578 g/mol. The van der Waals surface area contributed by atoms with E-state index < -0.39 is 20.4 Å². The number of aliphatic imine (C=N–C) groups is 1. The number of halogens is 1. The van der Waals surface area contributed by atoms with Crippen LogP contribution in [0.1, 0.15) is 18.1 Å². The van der Waals surface area contributed by atoms with Gasteiger partial charge in [-0.1, -0.05) is 36.4 Å². The molecule has 0 aromatic heterocycles. The fourth-order valence-corrected chi connectivity index (χ4v) is 5.43. The quantitative estimate of drug-likeness (QED) is 0.0678. The van der Waals surface area contributed by atoms with E-state index in [4.69, 9.17) is 5.73 Å². The summed E-state index contributed by atoms with van der Waals surface area (Å²) in [6.45, 7) is 3.33. The normalized spacial score (nSPS) is 13.7. The van der Waals surface area contributed by atoms with Crippen LogP contribution >= 0.6 is 20.4 Å². The van der Waals surface area contributed by atoms with Gasteiger partial charge >= 0.3 is 121 Å². The predicted octanol–water partition coefficient (Wildman–Crippen LogP) is 6.49. The maximum atomic E-state index is 6.17. The molecule has 0 aliphatic carbocycles. The summed E-state index contributed by atoms with van der Waals surface area (Å²) in [6.07, 6.45) is 13.8. The first-order chi connectivity index (χ1) is 17.1. The zero-order valence-electron chi connectivity index (χ0n) is 20.0. The van der Waals surface area contributed by atoms with Gasteiger partial charge in [-0.25, -0.2) is 0 Å². The number of hydrogen-bond acceptors (Lipinski definition) is 6. The van der Waals surface area contributed by atoms with Gasteiger partial charge in [0.15, 0.2) is 0 Å². The molecule has 35 heavy (non-hydrogen) atoms. The number of nitrogen functional groups attached to an aromatic ring is 1. The van der Waals surface area contributed by atoms with Gasteiger partial charge in [0.2, 0.25) is 0 Å². The summed E-state index contributed by atoms with van der Waals surface area (Å²) in [4.78, 5) is 6.70. The van der Waals surface area contributed by atoms with Gasteiger partial charge in [0, 0.05) is 6.54 Å². The molecular formula is C28H31IN6. The molecule has 0 radical (unpaired) electrons. The van der Waals surface area contributed by atoms with Gasteiger partial charge in [-0.15, -0.1) is 12.8 Å². The maximum absolute atomic E-state index is 6.17. The number of hydrogen-bond donors (Lipinski definition) is 3.